The molecule has 0 aromatic rings. The summed E-state index contributed by atoms with van der Waals surface area (Å²) >= 11 is 0. The average Bonchev–Trinajstić information content (AvgIpc) is 2.80. The van der Waals surface area contributed by atoms with Crippen molar-refractivity contribution < 1.29 is 0 Å². The summed E-state index contributed by atoms with van der Waals surface area (Å²) in [6.07, 6.45) is 20.6. The van der Waals surface area contributed by atoms with E-state index in [1.54, 1.807) is 0 Å². The second-order valence-corrected chi connectivity index (χ2v) is 10.1. The Kier molecular flexibility index (Phi) is 6.82. The quantitative estimate of drug-likeness (QED) is 0.349. The van der Waals surface area contributed by atoms with E-state index in [1.165, 1.54) is 75.5 Å². The van der Waals surface area contributed by atoms with Gasteiger partial charge in [-0.3, -0.25) is 4.99 Å². The van der Waals surface area contributed by atoms with E-state index in [9.17, 15) is 0 Å². The highest BCUT2D eigenvalue weighted by molar-refractivity contribution is 6.00. The minimum Gasteiger partial charge on any atom is -0.274 e. The van der Waals surface area contributed by atoms with Gasteiger partial charge in [-0.2, -0.15) is 0 Å². The standard InChI is InChI=1S/C26H41N/c1-19(2)15-16-26(18-23-8-6-7-20(3)9-12-23)22(5)17-25(27-26)24-13-10-21(4)11-14-24/h15-17,20-21,23-24H,1,6-14,18H2,2-5H3/b16-15-. The van der Waals surface area contributed by atoms with E-state index in [1.807, 2.05) is 0 Å². The Morgan fingerprint density at radius 1 is 1.07 bits per heavy atom. The fourth-order valence-corrected chi connectivity index (χ4v) is 5.39. The van der Waals surface area contributed by atoms with Gasteiger partial charge in [-0.15, -0.1) is 0 Å². The zero-order valence-electron chi connectivity index (χ0n) is 18.3. The first-order chi connectivity index (χ1) is 12.9. The van der Waals surface area contributed by atoms with E-state index in [4.69, 9.17) is 4.99 Å². The summed E-state index contributed by atoms with van der Waals surface area (Å²) in [5.74, 6) is 3.29. The Morgan fingerprint density at radius 2 is 1.74 bits per heavy atom. The summed E-state index contributed by atoms with van der Waals surface area (Å²) in [5, 5.41) is 0. The van der Waals surface area contributed by atoms with E-state index >= 15 is 0 Å². The van der Waals surface area contributed by atoms with Crippen molar-refractivity contribution in [1.29, 1.82) is 0 Å². The molecule has 3 atom stereocenters. The summed E-state index contributed by atoms with van der Waals surface area (Å²) in [6, 6.07) is 0. The molecule has 0 bridgehead atoms. The molecule has 1 aliphatic heterocycles. The van der Waals surface area contributed by atoms with Crippen molar-refractivity contribution in [1.82, 2.24) is 0 Å². The van der Waals surface area contributed by atoms with Crippen LogP contribution in [0.5, 0.6) is 0 Å². The van der Waals surface area contributed by atoms with Crippen molar-refractivity contribution in [3.8, 4) is 0 Å². The van der Waals surface area contributed by atoms with Gasteiger partial charge in [0.25, 0.3) is 0 Å². The van der Waals surface area contributed by atoms with Gasteiger partial charge in [0, 0.05) is 11.6 Å². The maximum Gasteiger partial charge on any atom is 0.101 e. The van der Waals surface area contributed by atoms with Crippen LogP contribution >= 0.6 is 0 Å². The van der Waals surface area contributed by atoms with Crippen LogP contribution in [0.25, 0.3) is 0 Å². The van der Waals surface area contributed by atoms with E-state index in [2.05, 4.69) is 52.5 Å². The molecule has 150 valence electrons. The van der Waals surface area contributed by atoms with Crippen LogP contribution in [0.15, 0.2) is 40.9 Å². The molecule has 0 aromatic heterocycles. The number of allylic oxidation sites excluding steroid dienone is 3. The number of rotatable bonds is 5. The first-order valence-electron chi connectivity index (χ1n) is 11.5. The number of nitrogens with zero attached hydrogens (tertiary/aromatic N) is 1. The molecule has 0 spiro atoms. The average molecular weight is 368 g/mol. The lowest BCUT2D eigenvalue weighted by molar-refractivity contribution is 0.341. The molecule has 0 radical (unpaired) electrons. The Hall–Kier alpha value is -1.11. The number of hydrogen-bond acceptors (Lipinski definition) is 1. The molecule has 2 aliphatic carbocycles. The molecule has 1 heteroatoms. The smallest absolute Gasteiger partial charge is 0.101 e. The fourth-order valence-electron chi connectivity index (χ4n) is 5.39. The zero-order valence-corrected chi connectivity index (χ0v) is 18.3. The largest absolute Gasteiger partial charge is 0.274 e. The monoisotopic (exact) mass is 367 g/mol. The van der Waals surface area contributed by atoms with Crippen molar-refractivity contribution in [2.75, 3.05) is 0 Å². The van der Waals surface area contributed by atoms with E-state index < -0.39 is 0 Å². The predicted octanol–water partition coefficient (Wildman–Crippen LogP) is 7.69. The molecule has 27 heavy (non-hydrogen) atoms. The van der Waals surface area contributed by atoms with Crippen LogP contribution in [-0.2, 0) is 0 Å². The SMILES string of the molecule is C=C(C)/C=C\C1(CC2CCCC(C)CC2)N=C(C2CCC(C)CC2)C=C1C. The van der Waals surface area contributed by atoms with Gasteiger partial charge in [0.05, 0.1) is 0 Å². The summed E-state index contributed by atoms with van der Waals surface area (Å²) in [7, 11) is 0. The van der Waals surface area contributed by atoms with Crippen LogP contribution in [0.3, 0.4) is 0 Å². The first kappa shape index (κ1) is 20.6. The number of aliphatic imine (C=N–C) groups is 1. The summed E-state index contributed by atoms with van der Waals surface area (Å²) < 4.78 is 0. The maximum absolute atomic E-state index is 5.46. The fraction of sp³-hybridized carbons (Fsp3) is 0.731. The third-order valence-electron chi connectivity index (χ3n) is 7.43. The van der Waals surface area contributed by atoms with Gasteiger partial charge in [-0.05, 0) is 62.5 Å². The molecular formula is C26H41N. The Balaban J connectivity index is 1.82. The molecule has 3 unspecified atom stereocenters. The lowest BCUT2D eigenvalue weighted by Crippen LogP contribution is -2.28. The van der Waals surface area contributed by atoms with Crippen molar-refractivity contribution in [3.05, 3.63) is 36.0 Å². The van der Waals surface area contributed by atoms with Crippen LogP contribution in [0.2, 0.25) is 0 Å². The Morgan fingerprint density at radius 3 is 2.44 bits per heavy atom. The van der Waals surface area contributed by atoms with Gasteiger partial charge >= 0.3 is 0 Å². The van der Waals surface area contributed by atoms with Crippen LogP contribution in [0, 0.1) is 23.7 Å². The normalized spacial score (nSPS) is 37.8. The van der Waals surface area contributed by atoms with Crippen molar-refractivity contribution in [2.45, 2.75) is 97.4 Å². The second kappa shape index (κ2) is 8.93. The highest BCUT2D eigenvalue weighted by atomic mass is 14.9. The molecule has 0 saturated heterocycles. The minimum absolute atomic E-state index is 0.102. The highest BCUT2D eigenvalue weighted by Gasteiger charge is 2.38. The predicted molar refractivity (Wildman–Crippen MR) is 119 cm³/mol. The van der Waals surface area contributed by atoms with Crippen molar-refractivity contribution in [3.63, 3.8) is 0 Å². The van der Waals surface area contributed by atoms with Gasteiger partial charge in [0.15, 0.2) is 0 Å². The highest BCUT2D eigenvalue weighted by Crippen LogP contribution is 2.42. The first-order valence-corrected chi connectivity index (χ1v) is 11.5. The van der Waals surface area contributed by atoms with Gasteiger partial charge in [-0.1, -0.05) is 83.1 Å². The van der Waals surface area contributed by atoms with Crippen LogP contribution in [0.1, 0.15) is 91.9 Å². The summed E-state index contributed by atoms with van der Waals surface area (Å²) in [5.41, 5.74) is 3.89. The Bertz CT molecular complexity index is 614. The third-order valence-corrected chi connectivity index (χ3v) is 7.43. The molecule has 0 N–H and O–H groups in total. The van der Waals surface area contributed by atoms with Crippen molar-refractivity contribution >= 4 is 5.71 Å². The topological polar surface area (TPSA) is 12.4 Å². The zero-order chi connectivity index (χ0) is 19.4. The molecule has 3 aliphatic rings. The van der Waals surface area contributed by atoms with Crippen LogP contribution in [0.4, 0.5) is 0 Å². The van der Waals surface area contributed by atoms with Crippen LogP contribution < -0.4 is 0 Å². The van der Waals surface area contributed by atoms with Gasteiger partial charge in [-0.25, -0.2) is 0 Å². The van der Waals surface area contributed by atoms with Gasteiger partial charge in [0.2, 0.25) is 0 Å². The van der Waals surface area contributed by atoms with E-state index in [0.717, 1.165) is 23.3 Å². The summed E-state index contributed by atoms with van der Waals surface area (Å²) in [4.78, 5) is 5.46. The van der Waals surface area contributed by atoms with Crippen molar-refractivity contribution in [2.24, 2.45) is 28.7 Å². The molecule has 3 rings (SSSR count). The molecule has 2 fully saturated rings. The lowest BCUT2D eigenvalue weighted by Gasteiger charge is -2.30. The molecule has 0 aromatic carbocycles. The molecule has 2 saturated carbocycles. The van der Waals surface area contributed by atoms with Gasteiger partial charge < -0.3 is 0 Å². The molecule has 0 amide bonds. The summed E-state index contributed by atoms with van der Waals surface area (Å²) in [6.45, 7) is 13.4. The van der Waals surface area contributed by atoms with E-state index in [-0.39, 0.29) is 5.54 Å². The Labute approximate surface area is 168 Å². The van der Waals surface area contributed by atoms with Gasteiger partial charge in [0.1, 0.15) is 5.54 Å². The third kappa shape index (κ3) is 5.24. The molecule has 1 nitrogen and oxygen atoms in total. The molecule has 1 heterocycles. The second-order valence-electron chi connectivity index (χ2n) is 10.1. The van der Waals surface area contributed by atoms with Crippen LogP contribution in [-0.4, -0.2) is 11.3 Å². The maximum atomic E-state index is 5.46. The van der Waals surface area contributed by atoms with E-state index in [0.29, 0.717) is 5.92 Å². The minimum atomic E-state index is -0.102. The molecular weight excluding hydrogens is 326 g/mol. The lowest BCUT2D eigenvalue weighted by atomic mass is 9.79. The number of hydrogen-bond donors (Lipinski definition) is 0.